The number of nitrogens with one attached hydrogen (secondary N) is 1. The maximum absolute atomic E-state index is 6.03. The maximum atomic E-state index is 6.03. The third kappa shape index (κ3) is 4.13. The molecule has 1 aromatic carbocycles. The normalized spacial score (nSPS) is 21.0. The first kappa shape index (κ1) is 14.1. The Morgan fingerprint density at radius 1 is 1.17 bits per heavy atom. The summed E-state index contributed by atoms with van der Waals surface area (Å²) in [7, 11) is 2.19. The molecule has 0 bridgehead atoms. The Hall–Kier alpha value is -0.280. The van der Waals surface area contributed by atoms with Gasteiger partial charge in [0.15, 0.2) is 0 Å². The molecular formula is C14H20Cl2N2. The minimum absolute atomic E-state index is 0.651. The van der Waals surface area contributed by atoms with Gasteiger partial charge in [-0.15, -0.1) is 0 Å². The predicted molar refractivity (Wildman–Crippen MR) is 78.4 cm³/mol. The van der Waals surface area contributed by atoms with E-state index in [1.807, 2.05) is 12.1 Å². The van der Waals surface area contributed by atoms with Crippen LogP contribution in [0.3, 0.4) is 0 Å². The molecule has 1 aliphatic rings. The molecule has 1 fully saturated rings. The summed E-state index contributed by atoms with van der Waals surface area (Å²) < 4.78 is 0. The molecule has 100 valence electrons. The van der Waals surface area contributed by atoms with E-state index in [1.165, 1.54) is 24.8 Å². The minimum Gasteiger partial charge on any atom is -0.317 e. The summed E-state index contributed by atoms with van der Waals surface area (Å²) in [6.45, 7) is 3.17. The summed E-state index contributed by atoms with van der Waals surface area (Å²) in [4.78, 5) is 2.41. The van der Waals surface area contributed by atoms with E-state index in [4.69, 9.17) is 23.2 Å². The van der Waals surface area contributed by atoms with E-state index in [2.05, 4.69) is 17.3 Å². The summed E-state index contributed by atoms with van der Waals surface area (Å²) in [5.41, 5.74) is 1.19. The minimum atomic E-state index is 0.651. The zero-order chi connectivity index (χ0) is 13.0. The molecule has 0 saturated carbocycles. The van der Waals surface area contributed by atoms with Gasteiger partial charge in [0.1, 0.15) is 0 Å². The van der Waals surface area contributed by atoms with Crippen molar-refractivity contribution in [3.63, 3.8) is 0 Å². The average Bonchev–Trinajstić information content (AvgIpc) is 2.55. The summed E-state index contributed by atoms with van der Waals surface area (Å²) in [5, 5.41) is 4.88. The topological polar surface area (TPSA) is 15.3 Å². The number of hydrogen-bond donors (Lipinski definition) is 1. The molecule has 1 aromatic rings. The molecule has 0 aromatic heterocycles. The number of rotatable bonds is 3. The molecule has 1 saturated heterocycles. The molecule has 0 spiro atoms. The highest BCUT2D eigenvalue weighted by molar-refractivity contribution is 6.34. The van der Waals surface area contributed by atoms with E-state index in [-0.39, 0.29) is 0 Å². The molecule has 0 amide bonds. The van der Waals surface area contributed by atoms with Gasteiger partial charge in [0.2, 0.25) is 0 Å². The Kier molecular flexibility index (Phi) is 5.31. The zero-order valence-electron chi connectivity index (χ0n) is 10.8. The van der Waals surface area contributed by atoms with E-state index in [9.17, 15) is 0 Å². The number of nitrogens with zero attached hydrogens (tertiary/aromatic N) is 1. The van der Waals surface area contributed by atoms with Crippen LogP contribution in [-0.4, -0.2) is 31.1 Å². The van der Waals surface area contributed by atoms with Crippen molar-refractivity contribution < 1.29 is 0 Å². The lowest BCUT2D eigenvalue weighted by molar-refractivity contribution is 0.216. The Labute approximate surface area is 119 Å². The van der Waals surface area contributed by atoms with Gasteiger partial charge in [0, 0.05) is 22.6 Å². The summed E-state index contributed by atoms with van der Waals surface area (Å²) in [5.74, 6) is 0. The maximum Gasteiger partial charge on any atom is 0.0424 e. The molecule has 1 unspecified atom stereocenters. The van der Waals surface area contributed by atoms with Gasteiger partial charge in [-0.1, -0.05) is 23.2 Å². The quantitative estimate of drug-likeness (QED) is 0.914. The molecule has 0 aliphatic carbocycles. The summed E-state index contributed by atoms with van der Waals surface area (Å²) >= 11 is 12.1. The van der Waals surface area contributed by atoms with Gasteiger partial charge in [-0.3, -0.25) is 4.90 Å². The Morgan fingerprint density at radius 2 is 1.89 bits per heavy atom. The first-order valence-electron chi connectivity index (χ1n) is 6.51. The van der Waals surface area contributed by atoms with Crippen LogP contribution in [0, 0.1) is 0 Å². The van der Waals surface area contributed by atoms with E-state index < -0.39 is 0 Å². The first-order valence-corrected chi connectivity index (χ1v) is 7.26. The van der Waals surface area contributed by atoms with Crippen LogP contribution in [0.4, 0.5) is 0 Å². The second kappa shape index (κ2) is 6.76. The van der Waals surface area contributed by atoms with E-state index in [0.717, 1.165) is 19.6 Å². The smallest absolute Gasteiger partial charge is 0.0424 e. The molecule has 2 rings (SSSR count). The summed E-state index contributed by atoms with van der Waals surface area (Å²) in [6.07, 6.45) is 3.73. The monoisotopic (exact) mass is 286 g/mol. The van der Waals surface area contributed by atoms with Crippen LogP contribution >= 0.6 is 23.2 Å². The lowest BCUT2D eigenvalue weighted by Gasteiger charge is -2.27. The molecular weight excluding hydrogens is 267 g/mol. The van der Waals surface area contributed by atoms with Crippen molar-refractivity contribution in [2.45, 2.75) is 31.8 Å². The van der Waals surface area contributed by atoms with Crippen molar-refractivity contribution in [3.05, 3.63) is 33.8 Å². The lowest BCUT2D eigenvalue weighted by atomic mass is 10.1. The highest BCUT2D eigenvalue weighted by atomic mass is 35.5. The predicted octanol–water partition coefficient (Wildman–Crippen LogP) is 3.57. The van der Waals surface area contributed by atoms with Crippen LogP contribution < -0.4 is 5.32 Å². The van der Waals surface area contributed by atoms with Crippen LogP contribution in [-0.2, 0) is 6.54 Å². The van der Waals surface area contributed by atoms with Crippen LogP contribution in [0.15, 0.2) is 18.2 Å². The number of halogens is 2. The second-order valence-corrected chi connectivity index (χ2v) is 5.90. The third-order valence-corrected chi connectivity index (χ3v) is 3.96. The van der Waals surface area contributed by atoms with Crippen LogP contribution in [0.1, 0.15) is 24.8 Å². The van der Waals surface area contributed by atoms with Gasteiger partial charge in [-0.05, 0) is 63.2 Å². The highest BCUT2D eigenvalue weighted by Gasteiger charge is 2.16. The van der Waals surface area contributed by atoms with E-state index in [1.54, 1.807) is 6.07 Å². The van der Waals surface area contributed by atoms with Gasteiger partial charge < -0.3 is 5.32 Å². The van der Waals surface area contributed by atoms with Gasteiger partial charge in [-0.2, -0.15) is 0 Å². The van der Waals surface area contributed by atoms with Crippen molar-refractivity contribution >= 4 is 23.2 Å². The Morgan fingerprint density at radius 3 is 2.61 bits per heavy atom. The molecule has 18 heavy (non-hydrogen) atoms. The van der Waals surface area contributed by atoms with Crippen molar-refractivity contribution in [3.8, 4) is 0 Å². The fraction of sp³-hybridized carbons (Fsp3) is 0.571. The van der Waals surface area contributed by atoms with Crippen LogP contribution in [0.25, 0.3) is 0 Å². The Bertz CT molecular complexity index is 367. The fourth-order valence-corrected chi connectivity index (χ4v) is 3.13. The van der Waals surface area contributed by atoms with Crippen molar-refractivity contribution in [2.75, 3.05) is 20.1 Å². The van der Waals surface area contributed by atoms with Crippen molar-refractivity contribution in [1.29, 1.82) is 0 Å². The fourth-order valence-electron chi connectivity index (χ4n) is 2.56. The SMILES string of the molecule is CN(Cc1cc(Cl)cc(Cl)c1)C1CCCNCC1. The molecule has 4 heteroatoms. The number of benzene rings is 1. The van der Waals surface area contributed by atoms with Gasteiger partial charge in [0.25, 0.3) is 0 Å². The molecule has 1 atom stereocenters. The van der Waals surface area contributed by atoms with Crippen LogP contribution in [0.5, 0.6) is 0 Å². The van der Waals surface area contributed by atoms with Gasteiger partial charge >= 0.3 is 0 Å². The largest absolute Gasteiger partial charge is 0.317 e. The summed E-state index contributed by atoms with van der Waals surface area (Å²) in [6, 6.07) is 6.43. The van der Waals surface area contributed by atoms with E-state index >= 15 is 0 Å². The number of hydrogen-bond acceptors (Lipinski definition) is 2. The molecule has 1 aliphatic heterocycles. The van der Waals surface area contributed by atoms with E-state index in [0.29, 0.717) is 16.1 Å². The molecule has 1 N–H and O–H groups in total. The van der Waals surface area contributed by atoms with Crippen LogP contribution in [0.2, 0.25) is 10.0 Å². The molecule has 1 heterocycles. The standard InChI is InChI=1S/C14H20Cl2N2/c1-18(14-3-2-5-17-6-4-14)10-11-7-12(15)9-13(16)8-11/h7-9,14,17H,2-6,10H2,1H3. The third-order valence-electron chi connectivity index (χ3n) is 3.52. The molecule has 0 radical (unpaired) electrons. The van der Waals surface area contributed by atoms with Crippen molar-refractivity contribution in [2.24, 2.45) is 0 Å². The Balaban J connectivity index is 1.98. The van der Waals surface area contributed by atoms with Gasteiger partial charge in [0.05, 0.1) is 0 Å². The van der Waals surface area contributed by atoms with Crippen molar-refractivity contribution in [1.82, 2.24) is 10.2 Å². The zero-order valence-corrected chi connectivity index (χ0v) is 12.3. The molecule has 2 nitrogen and oxygen atoms in total. The lowest BCUT2D eigenvalue weighted by Crippen LogP contribution is -2.32. The first-order chi connectivity index (χ1) is 8.65. The average molecular weight is 287 g/mol. The second-order valence-electron chi connectivity index (χ2n) is 5.03. The highest BCUT2D eigenvalue weighted by Crippen LogP contribution is 2.21. The van der Waals surface area contributed by atoms with Gasteiger partial charge in [-0.25, -0.2) is 0 Å².